The molecule has 1 saturated carbocycles. The molecule has 0 radical (unpaired) electrons. The lowest BCUT2D eigenvalue weighted by Gasteiger charge is -2.31. The number of aromatic nitrogens is 4. The van der Waals surface area contributed by atoms with Gasteiger partial charge in [0.05, 0.1) is 24.7 Å². The molecule has 28 heavy (non-hydrogen) atoms. The molecule has 2 aliphatic rings. The minimum absolute atomic E-state index is 0.0545. The van der Waals surface area contributed by atoms with Gasteiger partial charge in [0, 0.05) is 12.6 Å². The van der Waals surface area contributed by atoms with Gasteiger partial charge in [0.15, 0.2) is 0 Å². The Bertz CT molecular complexity index is 801. The predicted molar refractivity (Wildman–Crippen MR) is 106 cm³/mol. The van der Waals surface area contributed by atoms with Crippen LogP contribution in [0.1, 0.15) is 44.6 Å². The highest BCUT2D eigenvalue weighted by molar-refractivity contribution is 7.13. The first kappa shape index (κ1) is 19.0. The van der Waals surface area contributed by atoms with Gasteiger partial charge in [0.25, 0.3) is 0 Å². The molecule has 1 atom stereocenters. The molecule has 0 unspecified atom stereocenters. The molecule has 2 N–H and O–H groups in total. The van der Waals surface area contributed by atoms with E-state index in [9.17, 15) is 9.59 Å². The van der Waals surface area contributed by atoms with Gasteiger partial charge < -0.3 is 10.6 Å². The summed E-state index contributed by atoms with van der Waals surface area (Å²) in [5.74, 6) is 0.500. The fourth-order valence-electron chi connectivity index (χ4n) is 4.09. The quantitative estimate of drug-likeness (QED) is 0.766. The van der Waals surface area contributed by atoms with Crippen LogP contribution in [0.3, 0.4) is 0 Å². The lowest BCUT2D eigenvalue weighted by atomic mass is 9.97. The molecule has 2 fully saturated rings. The van der Waals surface area contributed by atoms with Crippen LogP contribution in [-0.2, 0) is 9.59 Å². The zero-order valence-corrected chi connectivity index (χ0v) is 16.5. The number of amides is 2. The Morgan fingerprint density at radius 1 is 1.18 bits per heavy atom. The highest BCUT2D eigenvalue weighted by Crippen LogP contribution is 2.31. The summed E-state index contributed by atoms with van der Waals surface area (Å²) in [5.41, 5.74) is 1.59. The first-order valence-electron chi connectivity index (χ1n) is 9.82. The van der Waals surface area contributed by atoms with Gasteiger partial charge in [-0.05, 0) is 32.2 Å². The van der Waals surface area contributed by atoms with Crippen molar-refractivity contribution in [3.8, 4) is 0 Å². The number of anilines is 2. The molecule has 2 amide bonds. The van der Waals surface area contributed by atoms with Crippen molar-refractivity contribution >= 4 is 34.1 Å². The summed E-state index contributed by atoms with van der Waals surface area (Å²) in [6.07, 6.45) is 8.10. The van der Waals surface area contributed by atoms with Crippen LogP contribution in [-0.4, -0.2) is 56.3 Å². The topological polar surface area (TPSA) is 105 Å². The van der Waals surface area contributed by atoms with Crippen LogP contribution in [0.15, 0.2) is 17.8 Å². The zero-order chi connectivity index (χ0) is 19.3. The van der Waals surface area contributed by atoms with Crippen LogP contribution in [0.5, 0.6) is 0 Å². The van der Waals surface area contributed by atoms with E-state index in [4.69, 9.17) is 0 Å². The van der Waals surface area contributed by atoms with E-state index in [-0.39, 0.29) is 24.3 Å². The van der Waals surface area contributed by atoms with Gasteiger partial charge in [-0.3, -0.25) is 14.5 Å². The molecule has 0 spiro atoms. The molecule has 1 aliphatic heterocycles. The second kappa shape index (κ2) is 8.78. The first-order chi connectivity index (χ1) is 13.7. The Hall–Kier alpha value is -2.33. The second-order valence-corrected chi connectivity index (χ2v) is 8.29. The maximum atomic E-state index is 12.6. The van der Waals surface area contributed by atoms with Crippen molar-refractivity contribution < 1.29 is 9.59 Å². The van der Waals surface area contributed by atoms with Gasteiger partial charge in [-0.2, -0.15) is 5.10 Å². The summed E-state index contributed by atoms with van der Waals surface area (Å²) in [7, 11) is 0. The van der Waals surface area contributed by atoms with E-state index in [0.29, 0.717) is 17.7 Å². The maximum absolute atomic E-state index is 12.6. The van der Waals surface area contributed by atoms with Crippen LogP contribution in [0.25, 0.3) is 0 Å². The van der Waals surface area contributed by atoms with E-state index in [1.165, 1.54) is 24.2 Å². The van der Waals surface area contributed by atoms with Gasteiger partial charge in [-0.1, -0.05) is 24.2 Å². The average Bonchev–Trinajstić information content (AvgIpc) is 3.44. The smallest absolute Gasteiger partial charge is 0.239 e. The number of likely N-dealkylation sites (tertiary alicyclic amines) is 1. The number of carbonyl (C=O) groups excluding carboxylic acids is 2. The molecular weight excluding hydrogens is 378 g/mol. The van der Waals surface area contributed by atoms with Crippen molar-refractivity contribution in [3.63, 3.8) is 0 Å². The molecule has 1 aliphatic carbocycles. The Balaban J connectivity index is 1.29. The molecule has 2 aromatic rings. The summed E-state index contributed by atoms with van der Waals surface area (Å²) in [5, 5.41) is 18.3. The highest BCUT2D eigenvalue weighted by Gasteiger charge is 2.28. The van der Waals surface area contributed by atoms with Crippen molar-refractivity contribution in [2.45, 2.75) is 44.6 Å². The van der Waals surface area contributed by atoms with E-state index >= 15 is 0 Å². The van der Waals surface area contributed by atoms with E-state index in [1.807, 2.05) is 15.6 Å². The monoisotopic (exact) mass is 403 g/mol. The van der Waals surface area contributed by atoms with Gasteiger partial charge in [-0.15, -0.1) is 10.2 Å². The number of nitrogens with one attached hydrogen (secondary N) is 2. The van der Waals surface area contributed by atoms with Crippen molar-refractivity contribution in [1.82, 2.24) is 24.9 Å². The third-order valence-corrected chi connectivity index (χ3v) is 6.05. The molecule has 9 nitrogen and oxygen atoms in total. The fourth-order valence-corrected chi connectivity index (χ4v) is 4.53. The van der Waals surface area contributed by atoms with Crippen molar-refractivity contribution in [1.29, 1.82) is 0 Å². The standard InChI is InChI=1S/C18H25N7O2S/c26-16(21-15-7-8-20-25(15)14-5-1-2-6-14)11-24-9-3-4-13(10-24)17(27)22-18-23-19-12-28-18/h7-8,12-14H,1-6,9-11H2,(H,21,26)(H,22,23,27)/t13-/m0/s1. The minimum Gasteiger partial charge on any atom is -0.310 e. The van der Waals surface area contributed by atoms with Crippen molar-refractivity contribution in [3.05, 3.63) is 17.8 Å². The Morgan fingerprint density at radius 2 is 2.04 bits per heavy atom. The van der Waals surface area contributed by atoms with E-state index in [0.717, 1.165) is 38.0 Å². The number of hydrogen-bond acceptors (Lipinski definition) is 7. The molecule has 0 aromatic carbocycles. The van der Waals surface area contributed by atoms with Crippen LogP contribution in [0.2, 0.25) is 0 Å². The number of piperidine rings is 1. The number of rotatable bonds is 6. The summed E-state index contributed by atoms with van der Waals surface area (Å²) in [6.45, 7) is 1.66. The Kier molecular flexibility index (Phi) is 5.96. The number of nitrogens with zero attached hydrogens (tertiary/aromatic N) is 5. The van der Waals surface area contributed by atoms with E-state index in [2.05, 4.69) is 25.9 Å². The largest absolute Gasteiger partial charge is 0.310 e. The predicted octanol–water partition coefficient (Wildman–Crippen LogP) is 2.14. The van der Waals surface area contributed by atoms with Crippen LogP contribution < -0.4 is 10.6 Å². The maximum Gasteiger partial charge on any atom is 0.239 e. The lowest BCUT2D eigenvalue weighted by molar-refractivity contribution is -0.123. The molecule has 1 saturated heterocycles. The normalized spacial score (nSPS) is 20.9. The van der Waals surface area contributed by atoms with Crippen molar-refractivity contribution in [2.24, 2.45) is 5.92 Å². The third kappa shape index (κ3) is 4.56. The molecule has 2 aromatic heterocycles. The molecule has 10 heteroatoms. The van der Waals surface area contributed by atoms with Gasteiger partial charge in [-0.25, -0.2) is 4.68 Å². The summed E-state index contributed by atoms with van der Waals surface area (Å²) in [6, 6.07) is 2.23. The average molecular weight is 404 g/mol. The van der Waals surface area contributed by atoms with Crippen LogP contribution in [0.4, 0.5) is 10.9 Å². The summed E-state index contributed by atoms with van der Waals surface area (Å²) < 4.78 is 1.94. The SMILES string of the molecule is O=C(CN1CCC[C@H](C(=O)Nc2nncs2)C1)Nc1ccnn1C1CCCC1. The zero-order valence-electron chi connectivity index (χ0n) is 15.7. The first-order valence-corrected chi connectivity index (χ1v) is 10.7. The summed E-state index contributed by atoms with van der Waals surface area (Å²) in [4.78, 5) is 27.0. The molecule has 150 valence electrons. The lowest BCUT2D eigenvalue weighted by Crippen LogP contribution is -2.44. The van der Waals surface area contributed by atoms with Crippen molar-refractivity contribution in [2.75, 3.05) is 30.3 Å². The van der Waals surface area contributed by atoms with Gasteiger partial charge >= 0.3 is 0 Å². The molecule has 4 rings (SSSR count). The van der Waals surface area contributed by atoms with E-state index < -0.39 is 0 Å². The van der Waals surface area contributed by atoms with E-state index in [1.54, 1.807) is 11.7 Å². The second-order valence-electron chi connectivity index (χ2n) is 7.45. The Morgan fingerprint density at radius 3 is 2.82 bits per heavy atom. The number of hydrogen-bond donors (Lipinski definition) is 2. The third-order valence-electron chi connectivity index (χ3n) is 5.44. The fraction of sp³-hybridized carbons (Fsp3) is 0.611. The molecule has 3 heterocycles. The Labute approximate surface area is 167 Å². The summed E-state index contributed by atoms with van der Waals surface area (Å²) >= 11 is 1.30. The molecular formula is C18H25N7O2S. The number of carbonyl (C=O) groups is 2. The minimum atomic E-state index is -0.144. The van der Waals surface area contributed by atoms with Gasteiger partial charge in [0.1, 0.15) is 11.3 Å². The molecule has 0 bridgehead atoms. The van der Waals surface area contributed by atoms with Gasteiger partial charge in [0.2, 0.25) is 16.9 Å². The van der Waals surface area contributed by atoms with Crippen LogP contribution >= 0.6 is 11.3 Å². The van der Waals surface area contributed by atoms with Crippen LogP contribution in [0, 0.1) is 5.92 Å². The highest BCUT2D eigenvalue weighted by atomic mass is 32.1.